The predicted molar refractivity (Wildman–Crippen MR) is 74.1 cm³/mol. The molecule has 1 aliphatic rings. The van der Waals surface area contributed by atoms with Crippen LogP contribution in [0.4, 0.5) is 10.1 Å². The van der Waals surface area contributed by atoms with E-state index in [1.165, 1.54) is 31.7 Å². The summed E-state index contributed by atoms with van der Waals surface area (Å²) in [4.78, 5) is 11.8. The molecule has 0 spiro atoms. The molecule has 0 heterocycles. The summed E-state index contributed by atoms with van der Waals surface area (Å²) in [6.07, 6.45) is 6.59. The van der Waals surface area contributed by atoms with Crippen LogP contribution >= 0.6 is 0 Å². The number of carbonyl (C=O) groups is 1. The van der Waals surface area contributed by atoms with Gasteiger partial charge in [-0.15, -0.1) is 0 Å². The molecular weight excluding hydrogens is 243 g/mol. The molecule has 0 atom stereocenters. The maximum Gasteiger partial charge on any atom is 0.224 e. The van der Waals surface area contributed by atoms with Crippen LogP contribution in [0.2, 0.25) is 0 Å². The van der Waals surface area contributed by atoms with Gasteiger partial charge in [-0.3, -0.25) is 4.79 Å². The smallest absolute Gasteiger partial charge is 0.224 e. The predicted octanol–water partition coefficient (Wildman–Crippen LogP) is 3.19. The highest BCUT2D eigenvalue weighted by Gasteiger charge is 2.16. The molecule has 2 rings (SSSR count). The zero-order valence-electron chi connectivity index (χ0n) is 11.1. The Kier molecular flexibility index (Phi) is 4.91. The highest BCUT2D eigenvalue weighted by molar-refractivity contribution is 5.90. The minimum absolute atomic E-state index is 0.00137. The Morgan fingerprint density at radius 3 is 2.79 bits per heavy atom. The topological polar surface area (TPSA) is 55.1 Å². The standard InChI is InChI=1S/C15H21FN2O/c16-14-7-6-13(9-12(14)10-17)18-15(19)8-5-11-3-1-2-4-11/h6-7,9,11H,1-5,8,10,17H2,(H,18,19). The molecule has 0 unspecified atom stereocenters. The second-order valence-electron chi connectivity index (χ2n) is 5.25. The SMILES string of the molecule is NCc1cc(NC(=O)CCC2CCCC2)ccc1F. The number of amides is 1. The first-order chi connectivity index (χ1) is 9.19. The summed E-state index contributed by atoms with van der Waals surface area (Å²) in [6, 6.07) is 4.51. The first kappa shape index (κ1) is 14.0. The fraction of sp³-hybridized carbons (Fsp3) is 0.533. The van der Waals surface area contributed by atoms with Crippen molar-refractivity contribution >= 4 is 11.6 Å². The van der Waals surface area contributed by atoms with E-state index in [2.05, 4.69) is 5.32 Å². The van der Waals surface area contributed by atoms with Gasteiger partial charge in [-0.25, -0.2) is 4.39 Å². The van der Waals surface area contributed by atoms with Crippen molar-refractivity contribution in [1.29, 1.82) is 0 Å². The molecule has 1 aliphatic carbocycles. The lowest BCUT2D eigenvalue weighted by Crippen LogP contribution is -2.13. The molecule has 0 bridgehead atoms. The lowest BCUT2D eigenvalue weighted by molar-refractivity contribution is -0.116. The quantitative estimate of drug-likeness (QED) is 0.858. The van der Waals surface area contributed by atoms with Gasteiger partial charge in [0, 0.05) is 24.2 Å². The lowest BCUT2D eigenvalue weighted by Gasteiger charge is -2.10. The van der Waals surface area contributed by atoms with Crippen LogP contribution in [0.15, 0.2) is 18.2 Å². The monoisotopic (exact) mass is 264 g/mol. The van der Waals surface area contributed by atoms with Gasteiger partial charge in [0.05, 0.1) is 0 Å². The molecule has 1 fully saturated rings. The van der Waals surface area contributed by atoms with Crippen molar-refractivity contribution in [1.82, 2.24) is 0 Å². The molecule has 0 aromatic heterocycles. The van der Waals surface area contributed by atoms with E-state index in [0.29, 0.717) is 23.6 Å². The molecular formula is C15H21FN2O. The molecule has 19 heavy (non-hydrogen) atoms. The van der Waals surface area contributed by atoms with Crippen molar-refractivity contribution in [3.05, 3.63) is 29.6 Å². The largest absolute Gasteiger partial charge is 0.326 e. The van der Waals surface area contributed by atoms with E-state index >= 15 is 0 Å². The second kappa shape index (κ2) is 6.66. The minimum atomic E-state index is -0.327. The molecule has 1 aromatic carbocycles. The van der Waals surface area contributed by atoms with E-state index in [4.69, 9.17) is 5.73 Å². The zero-order valence-corrected chi connectivity index (χ0v) is 11.1. The van der Waals surface area contributed by atoms with Gasteiger partial charge < -0.3 is 11.1 Å². The van der Waals surface area contributed by atoms with Crippen molar-refractivity contribution in [2.45, 2.75) is 45.1 Å². The van der Waals surface area contributed by atoms with E-state index < -0.39 is 0 Å². The minimum Gasteiger partial charge on any atom is -0.326 e. The van der Waals surface area contributed by atoms with Gasteiger partial charge in [-0.05, 0) is 30.5 Å². The summed E-state index contributed by atoms with van der Waals surface area (Å²) in [5.74, 6) is 0.381. The zero-order chi connectivity index (χ0) is 13.7. The first-order valence-corrected chi connectivity index (χ1v) is 6.97. The van der Waals surface area contributed by atoms with E-state index in [-0.39, 0.29) is 18.3 Å². The first-order valence-electron chi connectivity index (χ1n) is 6.97. The number of nitrogens with two attached hydrogens (primary N) is 1. The molecule has 3 nitrogen and oxygen atoms in total. The van der Waals surface area contributed by atoms with Crippen LogP contribution in [-0.4, -0.2) is 5.91 Å². The molecule has 104 valence electrons. The van der Waals surface area contributed by atoms with Crippen molar-refractivity contribution in [3.8, 4) is 0 Å². The van der Waals surface area contributed by atoms with Crippen molar-refractivity contribution in [2.24, 2.45) is 11.7 Å². The normalized spacial score (nSPS) is 15.7. The van der Waals surface area contributed by atoms with Gasteiger partial charge in [-0.1, -0.05) is 25.7 Å². The van der Waals surface area contributed by atoms with Gasteiger partial charge in [0.2, 0.25) is 5.91 Å². The Balaban J connectivity index is 1.84. The van der Waals surface area contributed by atoms with Gasteiger partial charge in [-0.2, -0.15) is 0 Å². The fourth-order valence-electron chi connectivity index (χ4n) is 2.67. The third-order valence-corrected chi connectivity index (χ3v) is 3.80. The number of nitrogens with one attached hydrogen (secondary N) is 1. The van der Waals surface area contributed by atoms with Crippen LogP contribution in [-0.2, 0) is 11.3 Å². The van der Waals surface area contributed by atoms with E-state index in [0.717, 1.165) is 6.42 Å². The molecule has 1 aromatic rings. The summed E-state index contributed by atoms with van der Waals surface area (Å²) in [6.45, 7) is 0.137. The number of hydrogen-bond acceptors (Lipinski definition) is 2. The van der Waals surface area contributed by atoms with Gasteiger partial charge >= 0.3 is 0 Å². The third kappa shape index (κ3) is 4.03. The average Bonchev–Trinajstić information content (AvgIpc) is 2.92. The van der Waals surface area contributed by atoms with Crippen LogP contribution < -0.4 is 11.1 Å². The molecule has 1 saturated carbocycles. The number of anilines is 1. The number of hydrogen-bond donors (Lipinski definition) is 2. The van der Waals surface area contributed by atoms with Crippen molar-refractivity contribution < 1.29 is 9.18 Å². The average molecular weight is 264 g/mol. The van der Waals surface area contributed by atoms with E-state index in [9.17, 15) is 9.18 Å². The molecule has 1 amide bonds. The Morgan fingerprint density at radius 2 is 2.11 bits per heavy atom. The lowest BCUT2D eigenvalue weighted by atomic mass is 10.0. The van der Waals surface area contributed by atoms with E-state index in [1.54, 1.807) is 12.1 Å². The summed E-state index contributed by atoms with van der Waals surface area (Å²) >= 11 is 0. The van der Waals surface area contributed by atoms with Gasteiger partial charge in [0.15, 0.2) is 0 Å². The molecule has 0 saturated heterocycles. The highest BCUT2D eigenvalue weighted by atomic mass is 19.1. The Bertz CT molecular complexity index is 442. The number of benzene rings is 1. The Labute approximate surface area is 113 Å². The fourth-order valence-corrected chi connectivity index (χ4v) is 2.67. The van der Waals surface area contributed by atoms with Crippen molar-refractivity contribution in [2.75, 3.05) is 5.32 Å². The van der Waals surface area contributed by atoms with Crippen LogP contribution in [0.25, 0.3) is 0 Å². The molecule has 0 aliphatic heterocycles. The van der Waals surface area contributed by atoms with Gasteiger partial charge in [0.1, 0.15) is 5.82 Å². The van der Waals surface area contributed by atoms with Gasteiger partial charge in [0.25, 0.3) is 0 Å². The van der Waals surface area contributed by atoms with Crippen molar-refractivity contribution in [3.63, 3.8) is 0 Å². The number of carbonyl (C=O) groups excluding carboxylic acids is 1. The van der Waals surface area contributed by atoms with Crippen LogP contribution in [0.3, 0.4) is 0 Å². The molecule has 4 heteroatoms. The summed E-state index contributed by atoms with van der Waals surface area (Å²) < 4.78 is 13.3. The second-order valence-corrected chi connectivity index (χ2v) is 5.25. The maximum absolute atomic E-state index is 13.3. The summed E-state index contributed by atoms with van der Waals surface area (Å²) in [5.41, 5.74) is 6.49. The summed E-state index contributed by atoms with van der Waals surface area (Å²) in [7, 11) is 0. The van der Waals surface area contributed by atoms with Crippen LogP contribution in [0.1, 0.15) is 44.1 Å². The molecule has 3 N–H and O–H groups in total. The summed E-state index contributed by atoms with van der Waals surface area (Å²) in [5, 5.41) is 2.81. The third-order valence-electron chi connectivity index (χ3n) is 3.80. The van der Waals surface area contributed by atoms with E-state index in [1.807, 2.05) is 0 Å². The highest BCUT2D eigenvalue weighted by Crippen LogP contribution is 2.28. The van der Waals surface area contributed by atoms with Crippen LogP contribution in [0.5, 0.6) is 0 Å². The van der Waals surface area contributed by atoms with Crippen LogP contribution in [0, 0.1) is 11.7 Å². The Hall–Kier alpha value is -1.42. The number of rotatable bonds is 5. The number of halogens is 1. The Morgan fingerprint density at radius 1 is 1.37 bits per heavy atom. The molecule has 0 radical (unpaired) electrons. The maximum atomic E-state index is 13.3.